The van der Waals surface area contributed by atoms with Crippen LogP contribution >= 0.6 is 0 Å². The molecule has 1 fully saturated rings. The Kier molecular flexibility index (Phi) is 6.61. The molecule has 192 valence electrons. The van der Waals surface area contributed by atoms with Gasteiger partial charge in [-0.25, -0.2) is 12.7 Å². The molecular formula is C28H29N3O5S. The average Bonchev–Trinajstić information content (AvgIpc) is 3.13. The van der Waals surface area contributed by atoms with Gasteiger partial charge in [-0.05, 0) is 61.8 Å². The number of likely N-dealkylation sites (tertiary alicyclic amines) is 1. The molecular weight excluding hydrogens is 490 g/mol. The lowest BCUT2D eigenvalue weighted by molar-refractivity contribution is -0.117. The molecule has 0 aromatic heterocycles. The number of ketones is 1. The highest BCUT2D eigenvalue weighted by molar-refractivity contribution is 7.92. The summed E-state index contributed by atoms with van der Waals surface area (Å²) >= 11 is 0. The SMILES string of the molecule is CS(=O)(=O)N1c2ccccc2C2(CCN(CC(=O)Nc3ccc(C(=O)c4ccccc4)cc3)CC2)C1O. The number of benzene rings is 3. The molecule has 9 heteroatoms. The number of nitrogens with zero attached hydrogens (tertiary/aromatic N) is 2. The summed E-state index contributed by atoms with van der Waals surface area (Å²) in [7, 11) is -3.65. The first-order valence-corrected chi connectivity index (χ1v) is 14.0. The molecule has 0 aliphatic carbocycles. The second-order valence-corrected chi connectivity index (χ2v) is 11.6. The molecule has 1 amide bonds. The van der Waals surface area contributed by atoms with Crippen LogP contribution in [-0.4, -0.2) is 62.2 Å². The minimum absolute atomic E-state index is 0.0779. The Morgan fingerprint density at radius 1 is 0.919 bits per heavy atom. The fourth-order valence-corrected chi connectivity index (χ4v) is 6.53. The Hall–Kier alpha value is -3.53. The van der Waals surface area contributed by atoms with E-state index in [9.17, 15) is 23.1 Å². The maximum Gasteiger partial charge on any atom is 0.238 e. The summed E-state index contributed by atoms with van der Waals surface area (Å²) in [6.07, 6.45) is 0.991. The highest BCUT2D eigenvalue weighted by atomic mass is 32.2. The summed E-state index contributed by atoms with van der Waals surface area (Å²) in [5.74, 6) is -0.256. The number of anilines is 2. The number of piperidine rings is 1. The molecule has 1 atom stereocenters. The first kappa shape index (κ1) is 25.1. The van der Waals surface area contributed by atoms with Crippen molar-refractivity contribution in [3.63, 3.8) is 0 Å². The van der Waals surface area contributed by atoms with Gasteiger partial charge in [-0.1, -0.05) is 48.5 Å². The zero-order valence-electron chi connectivity index (χ0n) is 20.5. The Bertz CT molecular complexity index is 1420. The number of hydrogen-bond acceptors (Lipinski definition) is 6. The number of nitrogens with one attached hydrogen (secondary N) is 1. The number of carbonyl (C=O) groups is 2. The van der Waals surface area contributed by atoms with E-state index in [-0.39, 0.29) is 18.2 Å². The van der Waals surface area contributed by atoms with Crippen molar-refractivity contribution in [1.29, 1.82) is 0 Å². The van der Waals surface area contributed by atoms with Crippen molar-refractivity contribution >= 4 is 33.1 Å². The minimum atomic E-state index is -3.65. The Labute approximate surface area is 216 Å². The number of para-hydroxylation sites is 1. The van der Waals surface area contributed by atoms with Gasteiger partial charge >= 0.3 is 0 Å². The lowest BCUT2D eigenvalue weighted by atomic mass is 9.73. The third kappa shape index (κ3) is 4.77. The van der Waals surface area contributed by atoms with E-state index in [1.807, 2.05) is 35.2 Å². The molecule has 2 N–H and O–H groups in total. The molecule has 8 nitrogen and oxygen atoms in total. The van der Waals surface area contributed by atoms with E-state index in [1.165, 1.54) is 0 Å². The third-order valence-electron chi connectivity index (χ3n) is 7.33. The van der Waals surface area contributed by atoms with Crippen LogP contribution in [-0.2, 0) is 20.2 Å². The van der Waals surface area contributed by atoms with Gasteiger partial charge in [0, 0.05) is 22.2 Å². The first-order chi connectivity index (χ1) is 17.7. The molecule has 1 unspecified atom stereocenters. The van der Waals surface area contributed by atoms with E-state index in [0.717, 1.165) is 16.1 Å². The van der Waals surface area contributed by atoms with Crippen LogP contribution < -0.4 is 9.62 Å². The lowest BCUT2D eigenvalue weighted by Crippen LogP contribution is -2.53. The maximum atomic E-state index is 12.7. The fourth-order valence-electron chi connectivity index (χ4n) is 5.44. The zero-order valence-corrected chi connectivity index (χ0v) is 21.3. The summed E-state index contributed by atoms with van der Waals surface area (Å²) in [5, 5.41) is 14.0. The van der Waals surface area contributed by atoms with Gasteiger partial charge in [0.1, 0.15) is 0 Å². The predicted molar refractivity (Wildman–Crippen MR) is 142 cm³/mol. The van der Waals surface area contributed by atoms with Crippen LogP contribution in [0.15, 0.2) is 78.9 Å². The molecule has 0 radical (unpaired) electrons. The first-order valence-electron chi connectivity index (χ1n) is 12.2. The van der Waals surface area contributed by atoms with Crippen LogP contribution in [0.4, 0.5) is 11.4 Å². The summed E-state index contributed by atoms with van der Waals surface area (Å²) in [4.78, 5) is 27.3. The van der Waals surface area contributed by atoms with Crippen LogP contribution in [0.5, 0.6) is 0 Å². The van der Waals surface area contributed by atoms with E-state index in [4.69, 9.17) is 0 Å². The van der Waals surface area contributed by atoms with E-state index < -0.39 is 21.7 Å². The number of amides is 1. The van der Waals surface area contributed by atoms with Crippen molar-refractivity contribution in [2.24, 2.45) is 0 Å². The van der Waals surface area contributed by atoms with Gasteiger partial charge in [0.25, 0.3) is 0 Å². The topological polar surface area (TPSA) is 107 Å². The molecule has 1 spiro atoms. The molecule has 37 heavy (non-hydrogen) atoms. The number of sulfonamides is 1. The molecule has 0 saturated carbocycles. The molecule has 2 heterocycles. The second-order valence-electron chi connectivity index (χ2n) is 9.70. The second kappa shape index (κ2) is 9.74. The lowest BCUT2D eigenvalue weighted by Gasteiger charge is -2.42. The van der Waals surface area contributed by atoms with Crippen molar-refractivity contribution in [2.75, 3.05) is 35.5 Å². The minimum Gasteiger partial charge on any atom is -0.372 e. The van der Waals surface area contributed by atoms with Crippen LogP contribution in [0.1, 0.15) is 34.3 Å². The van der Waals surface area contributed by atoms with Crippen molar-refractivity contribution in [2.45, 2.75) is 24.5 Å². The molecule has 5 rings (SSSR count). The largest absolute Gasteiger partial charge is 0.372 e. The third-order valence-corrected chi connectivity index (χ3v) is 8.44. The molecule has 1 saturated heterocycles. The van der Waals surface area contributed by atoms with E-state index in [2.05, 4.69) is 5.32 Å². The smallest absolute Gasteiger partial charge is 0.238 e. The fraction of sp³-hybridized carbons (Fsp3) is 0.286. The zero-order chi connectivity index (χ0) is 26.2. The molecule has 2 aliphatic rings. The van der Waals surface area contributed by atoms with Gasteiger partial charge in [-0.3, -0.25) is 14.5 Å². The average molecular weight is 520 g/mol. The number of fused-ring (bicyclic) bond motifs is 2. The van der Waals surface area contributed by atoms with Crippen molar-refractivity contribution < 1.29 is 23.1 Å². The maximum absolute atomic E-state index is 12.7. The number of rotatable bonds is 6. The summed E-state index contributed by atoms with van der Waals surface area (Å²) in [6.45, 7) is 1.26. The normalized spacial score (nSPS) is 19.0. The Morgan fingerprint density at radius 3 is 2.16 bits per heavy atom. The molecule has 0 bridgehead atoms. The van der Waals surface area contributed by atoms with Gasteiger partial charge in [0.05, 0.1) is 18.5 Å². The van der Waals surface area contributed by atoms with Crippen LogP contribution in [0.2, 0.25) is 0 Å². The van der Waals surface area contributed by atoms with Crippen LogP contribution in [0.25, 0.3) is 0 Å². The van der Waals surface area contributed by atoms with Crippen molar-refractivity contribution in [3.8, 4) is 0 Å². The standard InChI is InChI=1S/C28H29N3O5S/c1-37(35,36)31-24-10-6-5-9-23(24)28(27(31)34)15-17-30(18-16-28)19-25(32)29-22-13-11-21(12-14-22)26(33)20-7-3-2-4-8-20/h2-14,27,34H,15-19H2,1H3,(H,29,32). The Morgan fingerprint density at radius 2 is 1.51 bits per heavy atom. The number of carbonyl (C=O) groups excluding carboxylic acids is 2. The number of aliphatic hydroxyl groups excluding tert-OH is 1. The van der Waals surface area contributed by atoms with E-state index >= 15 is 0 Å². The quantitative estimate of drug-likeness (QED) is 0.485. The van der Waals surface area contributed by atoms with E-state index in [1.54, 1.807) is 48.5 Å². The summed E-state index contributed by atoms with van der Waals surface area (Å²) in [5.41, 5.74) is 2.42. The summed E-state index contributed by atoms with van der Waals surface area (Å²) in [6, 6.07) is 23.1. The summed E-state index contributed by atoms with van der Waals surface area (Å²) < 4.78 is 26.0. The van der Waals surface area contributed by atoms with Gasteiger partial charge in [0.2, 0.25) is 15.9 Å². The molecule has 3 aromatic rings. The highest BCUT2D eigenvalue weighted by Crippen LogP contribution is 2.51. The van der Waals surface area contributed by atoms with Gasteiger partial charge in [-0.15, -0.1) is 0 Å². The predicted octanol–water partition coefficient (Wildman–Crippen LogP) is 2.99. The molecule has 2 aliphatic heterocycles. The van der Waals surface area contributed by atoms with Crippen LogP contribution in [0.3, 0.4) is 0 Å². The van der Waals surface area contributed by atoms with Gasteiger partial charge in [0.15, 0.2) is 12.0 Å². The Balaban J connectivity index is 1.20. The van der Waals surface area contributed by atoms with Gasteiger partial charge < -0.3 is 10.4 Å². The van der Waals surface area contributed by atoms with E-state index in [0.29, 0.717) is 48.4 Å². The van der Waals surface area contributed by atoms with Crippen LogP contribution in [0, 0.1) is 0 Å². The number of aliphatic hydroxyl groups is 1. The van der Waals surface area contributed by atoms with Crippen molar-refractivity contribution in [1.82, 2.24) is 4.90 Å². The monoisotopic (exact) mass is 519 g/mol. The van der Waals surface area contributed by atoms with Gasteiger partial charge in [-0.2, -0.15) is 0 Å². The number of hydrogen-bond donors (Lipinski definition) is 2. The van der Waals surface area contributed by atoms with Crippen molar-refractivity contribution in [3.05, 3.63) is 95.6 Å². The molecule has 3 aromatic carbocycles. The highest BCUT2D eigenvalue weighted by Gasteiger charge is 2.54.